The second-order valence-electron chi connectivity index (χ2n) is 1.34. The van der Waals surface area contributed by atoms with E-state index in [4.69, 9.17) is 0 Å². The number of rotatable bonds is 4. The van der Waals surface area contributed by atoms with Gasteiger partial charge in [0.2, 0.25) is 0 Å². The van der Waals surface area contributed by atoms with E-state index in [0.29, 0.717) is 6.42 Å². The summed E-state index contributed by atoms with van der Waals surface area (Å²) in [5.41, 5.74) is 0. The standard InChI is InChI=1S/C7H8N4.4B.4Y/c1-3-8-10-6-5-7-11-9-4-2;;;;;;;;/h5H2,1-2H3;;;;;;;;/q-4;;;;;;;;. The Labute approximate surface area is 225 Å². The van der Waals surface area contributed by atoms with Gasteiger partial charge in [0.25, 0.3) is 0 Å². The quantitative estimate of drug-likeness (QED) is 0.198. The summed E-state index contributed by atoms with van der Waals surface area (Å²) >= 11 is 0. The van der Waals surface area contributed by atoms with Gasteiger partial charge in [-0.2, -0.15) is 13.8 Å². The van der Waals surface area contributed by atoms with Crippen molar-refractivity contribution in [3.63, 3.8) is 0 Å². The molecule has 0 aromatic rings. The van der Waals surface area contributed by atoms with Crippen LogP contribution >= 0.6 is 0 Å². The van der Waals surface area contributed by atoms with Gasteiger partial charge in [0.15, 0.2) is 0 Å². The molecular formula is C7H8B4N4Y4-4. The molecule has 0 aromatic carbocycles. The fourth-order valence-electron chi connectivity index (χ4n) is 0.277. The van der Waals surface area contributed by atoms with Crippen LogP contribution in [-0.2, 0) is 131 Å². The predicted octanol–water partition coefficient (Wildman–Crippen LogP) is -0.496. The third-order valence-electron chi connectivity index (χ3n) is 0.600. The Morgan fingerprint density at radius 3 is 1.05 bits per heavy atom. The summed E-state index contributed by atoms with van der Waals surface area (Å²) in [4.78, 5) is 0. The van der Waals surface area contributed by atoms with Gasteiger partial charge in [-0.15, -0.1) is 0 Å². The molecule has 0 aromatic heterocycles. The number of hydrogen-bond donors (Lipinski definition) is 0. The number of hydrogen-bond acceptors (Lipinski definition) is 4. The van der Waals surface area contributed by atoms with Gasteiger partial charge in [0, 0.05) is 164 Å². The topological polar surface area (TPSA) is 49.4 Å². The van der Waals surface area contributed by atoms with Crippen molar-refractivity contribution in [1.82, 2.24) is 0 Å². The molecule has 0 atom stereocenters. The summed E-state index contributed by atoms with van der Waals surface area (Å²) in [6, 6.07) is 0. The van der Waals surface area contributed by atoms with Crippen molar-refractivity contribution in [3.05, 3.63) is 0 Å². The summed E-state index contributed by atoms with van der Waals surface area (Å²) in [5, 5.41) is 13.8. The van der Waals surface area contributed by atoms with Crippen molar-refractivity contribution < 1.29 is 131 Å². The molecule has 0 aliphatic heterocycles. The molecule has 0 spiro atoms. The molecule has 0 N–H and O–H groups in total. The first-order valence-electron chi connectivity index (χ1n) is 3.00. The molecule has 0 fully saturated rings. The second kappa shape index (κ2) is 58.0. The first-order chi connectivity index (χ1) is 5.41. The van der Waals surface area contributed by atoms with Gasteiger partial charge in [0.05, 0.1) is 0 Å². The Balaban J connectivity index is -0.0000000179. The van der Waals surface area contributed by atoms with Crippen LogP contribution in [0.2, 0.25) is 0 Å². The van der Waals surface area contributed by atoms with Gasteiger partial charge < -0.3 is 45.3 Å². The molecular weight excluding hydrogens is 539 g/mol. The Hall–Kier alpha value is 3.36. The molecule has 19 heavy (non-hydrogen) atoms. The minimum Gasteiger partial charge on any atom is -0.416 e. The Kier molecular flexibility index (Phi) is 174. The van der Waals surface area contributed by atoms with E-state index >= 15 is 0 Å². The average molecular weight is 547 g/mol. The molecule has 0 rings (SSSR count). The first-order valence-corrected chi connectivity index (χ1v) is 3.00. The molecule has 12 heteroatoms. The fraction of sp³-hybridized carbons (Fsp3) is 0.429. The molecule has 0 aliphatic carbocycles. The monoisotopic (exact) mass is 548 g/mol. The molecule has 84 valence electrons. The Morgan fingerprint density at radius 2 is 0.842 bits per heavy atom. The third-order valence-corrected chi connectivity index (χ3v) is 0.600. The summed E-state index contributed by atoms with van der Waals surface area (Å²) in [6.45, 7) is 3.30. The average Bonchev–Trinajstić information content (AvgIpc) is 2.03. The van der Waals surface area contributed by atoms with E-state index in [9.17, 15) is 0 Å². The summed E-state index contributed by atoms with van der Waals surface area (Å²) in [6.07, 6.45) is 10.4. The van der Waals surface area contributed by atoms with Crippen molar-refractivity contribution in [2.45, 2.75) is 20.3 Å². The van der Waals surface area contributed by atoms with E-state index in [1.807, 2.05) is 0 Å². The van der Waals surface area contributed by atoms with Crippen LogP contribution in [0.15, 0.2) is 20.4 Å². The van der Waals surface area contributed by atoms with Crippen LogP contribution in [-0.4, -0.2) is 58.5 Å². The van der Waals surface area contributed by atoms with Crippen molar-refractivity contribution >= 4 is 58.5 Å². The van der Waals surface area contributed by atoms with Crippen molar-refractivity contribution in [2.75, 3.05) is 0 Å². The van der Waals surface area contributed by atoms with Gasteiger partial charge in [-0.05, 0) is 0 Å². The van der Waals surface area contributed by atoms with Gasteiger partial charge in [-0.3, -0.25) is 6.42 Å². The maximum Gasteiger partial charge on any atom is 0 e. The van der Waals surface area contributed by atoms with E-state index in [0.717, 1.165) is 0 Å². The van der Waals surface area contributed by atoms with Crippen LogP contribution in [0.1, 0.15) is 20.3 Å². The van der Waals surface area contributed by atoms with Crippen molar-refractivity contribution in [3.8, 4) is 0 Å². The normalized spacial score (nSPS) is 7.68. The first kappa shape index (κ1) is 57.2. The van der Waals surface area contributed by atoms with Crippen LogP contribution in [0.5, 0.6) is 0 Å². The van der Waals surface area contributed by atoms with E-state index in [1.165, 1.54) is 0 Å². The zero-order valence-electron chi connectivity index (χ0n) is 11.1. The Bertz CT molecular complexity index is 186. The minimum absolute atomic E-state index is 0. The van der Waals surface area contributed by atoms with Gasteiger partial charge in [-0.25, -0.2) is 0 Å². The SMILES string of the molecule is C[C-]=NN=[C-]C[C-]=NN=[C-]C.[B].[B].[B].[B].[Y].[Y].[Y].[Y]. The maximum atomic E-state index is 3.47. The molecule has 0 aliphatic rings. The zero-order chi connectivity index (χ0) is 8.36. The van der Waals surface area contributed by atoms with Gasteiger partial charge >= 0.3 is 0 Å². The Morgan fingerprint density at radius 1 is 0.579 bits per heavy atom. The van der Waals surface area contributed by atoms with Crippen LogP contribution in [0, 0.1) is 0 Å². The van der Waals surface area contributed by atoms with Crippen LogP contribution < -0.4 is 0 Å². The molecule has 0 bridgehead atoms. The number of nitrogens with zero attached hydrogens (tertiary/aromatic N) is 4. The van der Waals surface area contributed by atoms with Gasteiger partial charge in [0.1, 0.15) is 0 Å². The molecule has 0 unspecified atom stereocenters. The molecule has 0 saturated heterocycles. The summed E-state index contributed by atoms with van der Waals surface area (Å²) < 4.78 is 0. The molecule has 4 nitrogen and oxygen atoms in total. The van der Waals surface area contributed by atoms with Crippen LogP contribution in [0.4, 0.5) is 0 Å². The van der Waals surface area contributed by atoms with E-state index in [1.54, 1.807) is 13.8 Å². The van der Waals surface area contributed by atoms with Crippen LogP contribution in [0.25, 0.3) is 0 Å². The molecule has 0 amide bonds. The summed E-state index contributed by atoms with van der Waals surface area (Å²) in [7, 11) is 0. The molecule has 0 saturated carbocycles. The fourth-order valence-corrected chi connectivity index (χ4v) is 0.277. The van der Waals surface area contributed by atoms with Crippen molar-refractivity contribution in [2.24, 2.45) is 20.4 Å². The van der Waals surface area contributed by atoms with Crippen LogP contribution in [0.3, 0.4) is 0 Å². The molecule has 0 heterocycles. The minimum atomic E-state index is 0. The van der Waals surface area contributed by atoms with E-state index in [-0.39, 0.29) is 164 Å². The zero-order valence-corrected chi connectivity index (χ0v) is 22.5. The summed E-state index contributed by atoms with van der Waals surface area (Å²) in [5.74, 6) is 0. The van der Waals surface area contributed by atoms with E-state index < -0.39 is 0 Å². The predicted molar refractivity (Wildman–Crippen MR) is 68.7 cm³/mol. The van der Waals surface area contributed by atoms with E-state index in [2.05, 4.69) is 45.3 Å². The molecule has 16 radical (unpaired) electrons. The largest absolute Gasteiger partial charge is 0.416 e. The maximum absolute atomic E-state index is 3.47. The third kappa shape index (κ3) is 62.0. The van der Waals surface area contributed by atoms with Crippen molar-refractivity contribution in [1.29, 1.82) is 0 Å². The second-order valence-corrected chi connectivity index (χ2v) is 1.34. The van der Waals surface area contributed by atoms with Gasteiger partial charge in [-0.1, -0.05) is 0 Å². The smallest absolute Gasteiger partial charge is 0 e.